The Morgan fingerprint density at radius 2 is 2.19 bits per heavy atom. The average Bonchev–Trinajstić information content (AvgIpc) is 3.00. The van der Waals surface area contributed by atoms with Crippen molar-refractivity contribution < 1.29 is 23.7 Å². The van der Waals surface area contributed by atoms with E-state index in [2.05, 4.69) is 16.4 Å². The molecule has 1 heterocycles. The number of rotatable bonds is 8. The van der Waals surface area contributed by atoms with Crippen LogP contribution >= 0.6 is 11.6 Å². The maximum atomic E-state index is 11.9. The summed E-state index contributed by atoms with van der Waals surface area (Å²) in [6.45, 7) is 5.00. The summed E-state index contributed by atoms with van der Waals surface area (Å²) in [5, 5.41) is 4.26. The van der Waals surface area contributed by atoms with Gasteiger partial charge in [0.1, 0.15) is 6.61 Å². The molecule has 1 N–H and O–H groups in total. The van der Waals surface area contributed by atoms with Crippen molar-refractivity contribution >= 4 is 23.7 Å². The van der Waals surface area contributed by atoms with E-state index in [0.717, 1.165) is 0 Å². The maximum absolute atomic E-state index is 11.9. The van der Waals surface area contributed by atoms with Crippen LogP contribution in [0.25, 0.3) is 0 Å². The lowest BCUT2D eigenvalue weighted by atomic mass is 10.2. The molecule has 1 aliphatic rings. The van der Waals surface area contributed by atoms with Gasteiger partial charge < -0.3 is 18.9 Å². The Bertz CT molecular complexity index is 708. The molecule has 26 heavy (non-hydrogen) atoms. The number of amides is 1. The number of ether oxygens (including phenoxy) is 4. The lowest BCUT2D eigenvalue weighted by Gasteiger charge is -2.20. The summed E-state index contributed by atoms with van der Waals surface area (Å²) in [6, 6.07) is 3.33. The molecule has 0 spiro atoms. The Morgan fingerprint density at radius 3 is 2.85 bits per heavy atom. The van der Waals surface area contributed by atoms with Crippen LogP contribution in [0.15, 0.2) is 17.2 Å². The van der Waals surface area contributed by atoms with E-state index in [-0.39, 0.29) is 18.9 Å². The van der Waals surface area contributed by atoms with Gasteiger partial charge in [0.15, 0.2) is 17.3 Å². The Morgan fingerprint density at radius 1 is 1.46 bits per heavy atom. The summed E-state index contributed by atoms with van der Waals surface area (Å²) < 4.78 is 21.7. The Hall–Kier alpha value is -2.27. The van der Waals surface area contributed by atoms with Gasteiger partial charge in [-0.2, -0.15) is 5.10 Å². The summed E-state index contributed by atoms with van der Waals surface area (Å²) in [4.78, 5) is 11.9. The fraction of sp³-hybridized carbons (Fsp3) is 0.444. The van der Waals surface area contributed by atoms with Crippen molar-refractivity contribution in [1.82, 2.24) is 5.43 Å². The van der Waals surface area contributed by atoms with E-state index in [1.165, 1.54) is 6.21 Å². The van der Waals surface area contributed by atoms with E-state index in [0.29, 0.717) is 41.9 Å². The molecule has 1 amide bonds. The molecular weight excluding hydrogens is 360 g/mol. The van der Waals surface area contributed by atoms with Crippen molar-refractivity contribution in [3.63, 3.8) is 0 Å². The van der Waals surface area contributed by atoms with Crippen LogP contribution in [0.2, 0.25) is 5.02 Å². The van der Waals surface area contributed by atoms with Crippen LogP contribution < -0.4 is 14.9 Å². The number of carbonyl (C=O) groups is 1. The molecular formula is C18H21ClN2O5. The summed E-state index contributed by atoms with van der Waals surface area (Å²) in [5.74, 6) is 1.97. The minimum Gasteiger partial charge on any atom is -0.490 e. The van der Waals surface area contributed by atoms with Gasteiger partial charge in [-0.3, -0.25) is 4.79 Å². The van der Waals surface area contributed by atoms with Crippen LogP contribution in [0.3, 0.4) is 0 Å². The number of hydrogen-bond acceptors (Lipinski definition) is 6. The molecule has 1 fully saturated rings. The standard InChI is InChI=1S/C18H21ClN2O5/c1-4-6-24-17-14(19)9-13(10-15(17)23-5-2)12-20-21-16(22)11-18(3)25-7-8-26-18/h1,9-10,12H,5-8,11H2,2-3H3,(H,21,22)/b20-12-. The van der Waals surface area contributed by atoms with Crippen LogP contribution in [0.1, 0.15) is 25.8 Å². The lowest BCUT2D eigenvalue weighted by molar-refractivity contribution is -0.159. The topological polar surface area (TPSA) is 78.4 Å². The van der Waals surface area contributed by atoms with Crippen LogP contribution in [0, 0.1) is 12.3 Å². The molecule has 0 unspecified atom stereocenters. The third-order valence-corrected chi connectivity index (χ3v) is 3.69. The predicted octanol–water partition coefficient (Wildman–Crippen LogP) is 2.35. The molecule has 0 saturated carbocycles. The van der Waals surface area contributed by atoms with Gasteiger partial charge in [0.25, 0.3) is 0 Å². The molecule has 0 aliphatic carbocycles. The first-order chi connectivity index (χ1) is 12.5. The highest BCUT2D eigenvalue weighted by Crippen LogP contribution is 2.36. The molecule has 2 rings (SSSR count). The molecule has 8 heteroatoms. The second-order valence-corrected chi connectivity index (χ2v) is 5.96. The second-order valence-electron chi connectivity index (χ2n) is 5.56. The monoisotopic (exact) mass is 380 g/mol. The average molecular weight is 381 g/mol. The SMILES string of the molecule is C#CCOc1c(Cl)cc(/C=N\NC(=O)CC2(C)OCCO2)cc1OCC. The van der Waals surface area contributed by atoms with Gasteiger partial charge in [-0.1, -0.05) is 17.5 Å². The summed E-state index contributed by atoms with van der Waals surface area (Å²) in [6.07, 6.45) is 6.71. The highest BCUT2D eigenvalue weighted by Gasteiger charge is 2.33. The number of nitrogens with one attached hydrogen (secondary N) is 1. The number of benzene rings is 1. The van der Waals surface area contributed by atoms with Gasteiger partial charge in [0.2, 0.25) is 5.91 Å². The fourth-order valence-electron chi connectivity index (χ4n) is 2.35. The van der Waals surface area contributed by atoms with Gasteiger partial charge in [-0.05, 0) is 31.5 Å². The molecule has 0 aromatic heterocycles. The number of carbonyl (C=O) groups excluding carboxylic acids is 1. The number of terminal acetylenes is 1. The smallest absolute Gasteiger partial charge is 0.245 e. The fourth-order valence-corrected chi connectivity index (χ4v) is 2.62. The van der Waals surface area contributed by atoms with E-state index in [4.69, 9.17) is 37.0 Å². The number of nitrogens with zero attached hydrogens (tertiary/aromatic N) is 1. The molecule has 1 aromatic carbocycles. The largest absolute Gasteiger partial charge is 0.490 e. The molecule has 0 radical (unpaired) electrons. The minimum absolute atomic E-state index is 0.0498. The van der Waals surface area contributed by atoms with Crippen molar-refractivity contribution in [2.75, 3.05) is 26.4 Å². The van der Waals surface area contributed by atoms with E-state index in [9.17, 15) is 4.79 Å². The summed E-state index contributed by atoms with van der Waals surface area (Å²) in [5.41, 5.74) is 3.06. The zero-order chi connectivity index (χ0) is 19.0. The molecule has 0 atom stereocenters. The van der Waals surface area contributed by atoms with Gasteiger partial charge in [-0.25, -0.2) is 5.43 Å². The molecule has 1 saturated heterocycles. The van der Waals surface area contributed by atoms with Crippen LogP contribution in [0.4, 0.5) is 0 Å². The lowest BCUT2D eigenvalue weighted by Crippen LogP contribution is -2.33. The summed E-state index contributed by atoms with van der Waals surface area (Å²) >= 11 is 6.22. The molecule has 0 bridgehead atoms. The number of hydrogen-bond donors (Lipinski definition) is 1. The van der Waals surface area contributed by atoms with E-state index in [1.807, 2.05) is 6.92 Å². The Labute approximate surface area is 157 Å². The first-order valence-corrected chi connectivity index (χ1v) is 8.47. The Balaban J connectivity index is 2.02. The van der Waals surface area contributed by atoms with Crippen LogP contribution in [-0.4, -0.2) is 44.3 Å². The normalized spacial score (nSPS) is 15.6. The van der Waals surface area contributed by atoms with Gasteiger partial charge >= 0.3 is 0 Å². The third kappa shape index (κ3) is 5.63. The van der Waals surface area contributed by atoms with Gasteiger partial charge in [0.05, 0.1) is 37.5 Å². The first kappa shape index (κ1) is 20.0. The quantitative estimate of drug-likeness (QED) is 0.425. The van der Waals surface area contributed by atoms with Crippen molar-refractivity contribution in [3.05, 3.63) is 22.7 Å². The van der Waals surface area contributed by atoms with Crippen molar-refractivity contribution in [2.24, 2.45) is 5.10 Å². The van der Waals surface area contributed by atoms with Gasteiger partial charge in [-0.15, -0.1) is 6.42 Å². The van der Waals surface area contributed by atoms with Crippen LogP contribution in [0.5, 0.6) is 11.5 Å². The predicted molar refractivity (Wildman–Crippen MR) is 97.6 cm³/mol. The highest BCUT2D eigenvalue weighted by molar-refractivity contribution is 6.32. The summed E-state index contributed by atoms with van der Waals surface area (Å²) in [7, 11) is 0. The zero-order valence-electron chi connectivity index (χ0n) is 14.7. The van der Waals surface area contributed by atoms with Crippen molar-refractivity contribution in [2.45, 2.75) is 26.1 Å². The Kier molecular flexibility index (Phi) is 7.27. The minimum atomic E-state index is -0.902. The molecule has 7 nitrogen and oxygen atoms in total. The van der Waals surface area contributed by atoms with Crippen molar-refractivity contribution in [1.29, 1.82) is 0 Å². The van der Waals surface area contributed by atoms with Gasteiger partial charge in [0, 0.05) is 0 Å². The third-order valence-electron chi connectivity index (χ3n) is 3.41. The molecule has 1 aliphatic heterocycles. The van der Waals surface area contributed by atoms with E-state index >= 15 is 0 Å². The maximum Gasteiger partial charge on any atom is 0.245 e. The zero-order valence-corrected chi connectivity index (χ0v) is 15.5. The number of halogens is 1. The van der Waals surface area contributed by atoms with E-state index < -0.39 is 5.79 Å². The number of hydrazone groups is 1. The van der Waals surface area contributed by atoms with E-state index in [1.54, 1.807) is 19.1 Å². The second kappa shape index (κ2) is 9.43. The molecule has 140 valence electrons. The van der Waals surface area contributed by atoms with Crippen LogP contribution in [-0.2, 0) is 14.3 Å². The van der Waals surface area contributed by atoms with Crippen molar-refractivity contribution in [3.8, 4) is 23.8 Å². The highest BCUT2D eigenvalue weighted by atomic mass is 35.5. The first-order valence-electron chi connectivity index (χ1n) is 8.10. The molecule has 1 aromatic rings.